The molecule has 0 atom stereocenters. The Morgan fingerprint density at radius 2 is 2.00 bits per heavy atom. The van der Waals surface area contributed by atoms with Crippen LogP contribution in [-0.2, 0) is 14.3 Å². The summed E-state index contributed by atoms with van der Waals surface area (Å²) in [5.74, 6) is 0.220. The summed E-state index contributed by atoms with van der Waals surface area (Å²) in [7, 11) is 0. The molecular weight excluding hydrogens is 334 g/mol. The minimum Gasteiger partial charge on any atom is -0.493 e. The van der Waals surface area contributed by atoms with Gasteiger partial charge in [-0.1, -0.05) is 24.3 Å². The van der Waals surface area contributed by atoms with Gasteiger partial charge in [-0.3, -0.25) is 4.79 Å². The molecule has 3 rings (SSSR count). The van der Waals surface area contributed by atoms with Gasteiger partial charge in [0.2, 0.25) is 5.90 Å². The number of nitrogens with zero attached hydrogens (tertiary/aromatic N) is 1. The quantitative estimate of drug-likeness (QED) is 0.469. The number of esters is 2. The number of hydrogen-bond donors (Lipinski definition) is 0. The Hall–Kier alpha value is -3.41. The number of hydrogen-bond acceptors (Lipinski definition) is 6. The maximum Gasteiger partial charge on any atom is 0.363 e. The molecule has 0 spiro atoms. The molecular formula is C20H17NO5. The van der Waals surface area contributed by atoms with E-state index >= 15 is 0 Å². The second-order valence-corrected chi connectivity index (χ2v) is 5.43. The van der Waals surface area contributed by atoms with Crippen LogP contribution in [0.15, 0.2) is 59.2 Å². The number of para-hydroxylation sites is 1. The van der Waals surface area contributed by atoms with Crippen molar-refractivity contribution in [3.63, 3.8) is 0 Å². The maximum absolute atomic E-state index is 12.2. The fourth-order valence-corrected chi connectivity index (χ4v) is 2.44. The van der Waals surface area contributed by atoms with E-state index in [0.29, 0.717) is 29.2 Å². The first-order valence-corrected chi connectivity index (χ1v) is 8.10. The Morgan fingerprint density at radius 3 is 2.77 bits per heavy atom. The van der Waals surface area contributed by atoms with Gasteiger partial charge in [-0.15, -0.1) is 0 Å². The highest BCUT2D eigenvalue weighted by Crippen LogP contribution is 2.26. The van der Waals surface area contributed by atoms with Crippen LogP contribution in [0, 0.1) is 0 Å². The highest BCUT2D eigenvalue weighted by molar-refractivity contribution is 6.13. The summed E-state index contributed by atoms with van der Waals surface area (Å²) in [6.45, 7) is 3.69. The van der Waals surface area contributed by atoms with Crippen LogP contribution in [0.5, 0.6) is 11.5 Å². The summed E-state index contributed by atoms with van der Waals surface area (Å²) in [4.78, 5) is 27.5. The van der Waals surface area contributed by atoms with Gasteiger partial charge < -0.3 is 14.2 Å². The van der Waals surface area contributed by atoms with E-state index in [1.165, 1.54) is 6.92 Å². The van der Waals surface area contributed by atoms with Crippen LogP contribution < -0.4 is 9.47 Å². The number of rotatable bonds is 5. The molecule has 0 N–H and O–H groups in total. The Balaban J connectivity index is 1.91. The van der Waals surface area contributed by atoms with Crippen molar-refractivity contribution in [3.8, 4) is 11.5 Å². The molecule has 1 heterocycles. The largest absolute Gasteiger partial charge is 0.493 e. The number of cyclic esters (lactones) is 1. The first-order chi connectivity index (χ1) is 12.6. The van der Waals surface area contributed by atoms with E-state index in [1.807, 2.05) is 19.1 Å². The lowest BCUT2D eigenvalue weighted by molar-refractivity contribution is -0.132. The zero-order valence-electron chi connectivity index (χ0n) is 14.4. The zero-order valence-corrected chi connectivity index (χ0v) is 14.4. The molecule has 6 heteroatoms. The van der Waals surface area contributed by atoms with E-state index in [2.05, 4.69) is 4.99 Å². The molecule has 26 heavy (non-hydrogen) atoms. The first kappa shape index (κ1) is 17.4. The summed E-state index contributed by atoms with van der Waals surface area (Å²) < 4.78 is 15.9. The Morgan fingerprint density at radius 1 is 1.19 bits per heavy atom. The van der Waals surface area contributed by atoms with Crippen molar-refractivity contribution >= 4 is 23.9 Å². The zero-order chi connectivity index (χ0) is 18.5. The molecule has 0 unspecified atom stereocenters. The van der Waals surface area contributed by atoms with Crippen molar-refractivity contribution in [2.45, 2.75) is 13.8 Å². The van der Waals surface area contributed by atoms with Gasteiger partial charge in [-0.2, -0.15) is 0 Å². The van der Waals surface area contributed by atoms with Crippen LogP contribution in [0.3, 0.4) is 0 Å². The topological polar surface area (TPSA) is 74.2 Å². The molecule has 0 saturated carbocycles. The standard InChI is InChI=1S/C20H17NO5/c1-3-24-18-10-5-4-9-16(18)19-21-17(20(23)26-19)12-14-7-6-8-15(11-14)25-13(2)22/h4-12H,3H2,1-2H3/b17-12-. The molecule has 132 valence electrons. The maximum atomic E-state index is 12.2. The van der Waals surface area contributed by atoms with Crippen molar-refractivity contribution < 1.29 is 23.8 Å². The molecule has 6 nitrogen and oxygen atoms in total. The van der Waals surface area contributed by atoms with Crippen LogP contribution >= 0.6 is 0 Å². The van der Waals surface area contributed by atoms with E-state index < -0.39 is 11.9 Å². The summed E-state index contributed by atoms with van der Waals surface area (Å²) >= 11 is 0. The Kier molecular flexibility index (Phi) is 5.12. The molecule has 0 aromatic heterocycles. The molecule has 0 amide bonds. The third kappa shape index (κ3) is 3.97. The van der Waals surface area contributed by atoms with Gasteiger partial charge in [0.1, 0.15) is 11.5 Å². The van der Waals surface area contributed by atoms with Gasteiger partial charge in [0.05, 0.1) is 12.2 Å². The highest BCUT2D eigenvalue weighted by Gasteiger charge is 2.26. The lowest BCUT2D eigenvalue weighted by atomic mass is 10.2. The van der Waals surface area contributed by atoms with E-state index in [0.717, 1.165) is 0 Å². The van der Waals surface area contributed by atoms with Crippen LogP contribution in [0.1, 0.15) is 25.0 Å². The van der Waals surface area contributed by atoms with Crippen molar-refractivity contribution in [2.75, 3.05) is 6.61 Å². The predicted octanol–water partition coefficient (Wildman–Crippen LogP) is 3.36. The number of aliphatic imine (C=N–C) groups is 1. The number of ether oxygens (including phenoxy) is 3. The molecule has 0 aliphatic carbocycles. The van der Waals surface area contributed by atoms with Crippen LogP contribution in [0.4, 0.5) is 0 Å². The van der Waals surface area contributed by atoms with Gasteiger partial charge in [-0.05, 0) is 42.8 Å². The van der Waals surface area contributed by atoms with E-state index in [4.69, 9.17) is 14.2 Å². The second-order valence-electron chi connectivity index (χ2n) is 5.43. The van der Waals surface area contributed by atoms with Gasteiger partial charge in [-0.25, -0.2) is 9.79 Å². The molecule has 1 aliphatic rings. The normalized spacial score (nSPS) is 14.8. The summed E-state index contributed by atoms with van der Waals surface area (Å²) in [5.41, 5.74) is 1.44. The lowest BCUT2D eigenvalue weighted by Gasteiger charge is -2.08. The smallest absolute Gasteiger partial charge is 0.363 e. The third-order valence-corrected chi connectivity index (χ3v) is 3.46. The van der Waals surface area contributed by atoms with Crippen LogP contribution in [0.2, 0.25) is 0 Å². The molecule has 2 aromatic carbocycles. The van der Waals surface area contributed by atoms with Crippen molar-refractivity contribution in [2.24, 2.45) is 4.99 Å². The Bertz CT molecular complexity index is 914. The minimum atomic E-state index is -0.552. The fourth-order valence-electron chi connectivity index (χ4n) is 2.44. The Labute approximate surface area is 150 Å². The lowest BCUT2D eigenvalue weighted by Crippen LogP contribution is -2.07. The molecule has 0 saturated heterocycles. The molecule has 0 bridgehead atoms. The van der Waals surface area contributed by atoms with Crippen molar-refractivity contribution in [3.05, 3.63) is 65.4 Å². The predicted molar refractivity (Wildman–Crippen MR) is 96.0 cm³/mol. The minimum absolute atomic E-state index is 0.159. The van der Waals surface area contributed by atoms with Crippen LogP contribution in [0.25, 0.3) is 6.08 Å². The van der Waals surface area contributed by atoms with Gasteiger partial charge >= 0.3 is 11.9 Å². The number of carbonyl (C=O) groups excluding carboxylic acids is 2. The first-order valence-electron chi connectivity index (χ1n) is 8.10. The summed E-state index contributed by atoms with van der Waals surface area (Å²) in [6, 6.07) is 14.0. The monoisotopic (exact) mass is 351 g/mol. The summed E-state index contributed by atoms with van der Waals surface area (Å²) in [6.07, 6.45) is 1.58. The fraction of sp³-hybridized carbons (Fsp3) is 0.150. The van der Waals surface area contributed by atoms with E-state index in [9.17, 15) is 9.59 Å². The van der Waals surface area contributed by atoms with Crippen molar-refractivity contribution in [1.82, 2.24) is 0 Å². The van der Waals surface area contributed by atoms with Gasteiger partial charge in [0.25, 0.3) is 0 Å². The summed E-state index contributed by atoms with van der Waals surface area (Å²) in [5, 5.41) is 0. The third-order valence-electron chi connectivity index (χ3n) is 3.46. The van der Waals surface area contributed by atoms with E-state index in [1.54, 1.807) is 42.5 Å². The van der Waals surface area contributed by atoms with Gasteiger partial charge in [0.15, 0.2) is 5.70 Å². The molecule has 0 fully saturated rings. The number of carbonyl (C=O) groups is 2. The average molecular weight is 351 g/mol. The molecule has 0 radical (unpaired) electrons. The van der Waals surface area contributed by atoms with Gasteiger partial charge in [0, 0.05) is 6.92 Å². The average Bonchev–Trinajstić information content (AvgIpc) is 2.96. The second kappa shape index (κ2) is 7.65. The SMILES string of the molecule is CCOc1ccccc1C1=N/C(=C\c2cccc(OC(C)=O)c2)C(=O)O1. The van der Waals surface area contributed by atoms with Crippen LogP contribution in [-0.4, -0.2) is 24.4 Å². The van der Waals surface area contributed by atoms with E-state index in [-0.39, 0.29) is 11.6 Å². The molecule has 2 aromatic rings. The molecule has 1 aliphatic heterocycles. The number of benzene rings is 2. The highest BCUT2D eigenvalue weighted by atomic mass is 16.6. The van der Waals surface area contributed by atoms with Crippen molar-refractivity contribution in [1.29, 1.82) is 0 Å².